The molecule has 0 radical (unpaired) electrons. The normalized spacial score (nSPS) is 14.6. The smallest absolute Gasteiger partial charge is 0.339 e. The average Bonchev–Trinajstić information content (AvgIpc) is 3.27. The van der Waals surface area contributed by atoms with E-state index >= 15 is 0 Å². The highest BCUT2D eigenvalue weighted by atomic mass is 32.2. The van der Waals surface area contributed by atoms with E-state index in [-0.39, 0.29) is 24.3 Å². The number of amides is 2. The largest absolute Gasteiger partial charge is 0.492 e. The SMILES string of the molecule is COC(=O)c1ccccc1-n1c(C)cc(/C=C2\SC(=O)N(CCOc3cccc(C)c3)C2=O)c1C. The summed E-state index contributed by atoms with van der Waals surface area (Å²) < 4.78 is 12.6. The van der Waals surface area contributed by atoms with Crippen molar-refractivity contribution >= 4 is 35.0 Å². The average molecular weight is 491 g/mol. The quantitative estimate of drug-likeness (QED) is 0.330. The Kier molecular flexibility index (Phi) is 7.12. The zero-order valence-electron chi connectivity index (χ0n) is 20.0. The number of thioether (sulfide) groups is 1. The van der Waals surface area contributed by atoms with Gasteiger partial charge in [0, 0.05) is 11.4 Å². The molecule has 4 rings (SSSR count). The van der Waals surface area contributed by atoms with Crippen LogP contribution in [-0.2, 0) is 9.53 Å². The summed E-state index contributed by atoms with van der Waals surface area (Å²) in [5, 5.41) is -0.320. The van der Waals surface area contributed by atoms with Gasteiger partial charge in [-0.3, -0.25) is 14.5 Å². The van der Waals surface area contributed by atoms with Crippen molar-refractivity contribution in [2.75, 3.05) is 20.3 Å². The van der Waals surface area contributed by atoms with Crippen molar-refractivity contribution < 1.29 is 23.9 Å². The number of aromatic nitrogens is 1. The highest BCUT2D eigenvalue weighted by molar-refractivity contribution is 8.18. The fraction of sp³-hybridized carbons (Fsp3) is 0.222. The van der Waals surface area contributed by atoms with Crippen LogP contribution < -0.4 is 4.74 Å². The van der Waals surface area contributed by atoms with Crippen LogP contribution in [0.5, 0.6) is 5.75 Å². The molecule has 3 aromatic rings. The van der Waals surface area contributed by atoms with Crippen LogP contribution >= 0.6 is 11.8 Å². The summed E-state index contributed by atoms with van der Waals surface area (Å²) in [5.41, 5.74) is 4.73. The van der Waals surface area contributed by atoms with Gasteiger partial charge in [0.1, 0.15) is 12.4 Å². The second-order valence-corrected chi connectivity index (χ2v) is 9.16. The molecule has 2 aromatic carbocycles. The molecule has 0 atom stereocenters. The fourth-order valence-corrected chi connectivity index (χ4v) is 4.91. The fourth-order valence-electron chi connectivity index (χ4n) is 4.05. The monoisotopic (exact) mass is 490 g/mol. The number of esters is 1. The number of aryl methyl sites for hydroxylation is 2. The third-order valence-electron chi connectivity index (χ3n) is 5.75. The first-order valence-corrected chi connectivity index (χ1v) is 11.9. The summed E-state index contributed by atoms with van der Waals surface area (Å²) in [5.74, 6) is -0.0663. The molecule has 0 aliphatic carbocycles. The zero-order valence-corrected chi connectivity index (χ0v) is 20.8. The van der Waals surface area contributed by atoms with Crippen molar-refractivity contribution in [1.29, 1.82) is 0 Å². The summed E-state index contributed by atoms with van der Waals surface area (Å²) in [6.45, 7) is 6.19. The van der Waals surface area contributed by atoms with Crippen LogP contribution in [0.25, 0.3) is 11.8 Å². The highest BCUT2D eigenvalue weighted by Crippen LogP contribution is 2.34. The third-order valence-corrected chi connectivity index (χ3v) is 6.66. The molecule has 1 fully saturated rings. The molecule has 180 valence electrons. The Morgan fingerprint density at radius 1 is 1.03 bits per heavy atom. The Morgan fingerprint density at radius 3 is 2.54 bits per heavy atom. The van der Waals surface area contributed by atoms with Crippen LogP contribution in [0, 0.1) is 20.8 Å². The molecule has 1 saturated heterocycles. The van der Waals surface area contributed by atoms with E-state index in [9.17, 15) is 14.4 Å². The van der Waals surface area contributed by atoms with E-state index in [0.29, 0.717) is 21.9 Å². The van der Waals surface area contributed by atoms with Gasteiger partial charge >= 0.3 is 5.97 Å². The minimum atomic E-state index is -0.427. The van der Waals surface area contributed by atoms with E-state index in [1.54, 1.807) is 18.2 Å². The number of nitrogens with zero attached hydrogens (tertiary/aromatic N) is 2. The third kappa shape index (κ3) is 5.02. The van der Waals surface area contributed by atoms with Crippen molar-refractivity contribution in [2.24, 2.45) is 0 Å². The standard InChI is InChI=1S/C27H26N2O5S/c1-17-8-7-9-21(14-17)34-13-12-28-25(30)24(35-27(28)32)16-20-15-18(2)29(19(20)3)23-11-6-5-10-22(23)26(31)33-4/h5-11,14-16H,12-13H2,1-4H3/b24-16-. The van der Waals surface area contributed by atoms with Crippen molar-refractivity contribution in [2.45, 2.75) is 20.8 Å². The molecule has 0 spiro atoms. The zero-order chi connectivity index (χ0) is 25.1. The number of carbonyl (C=O) groups is 3. The van der Waals surface area contributed by atoms with Gasteiger partial charge in [-0.15, -0.1) is 0 Å². The second kappa shape index (κ2) is 10.2. The highest BCUT2D eigenvalue weighted by Gasteiger charge is 2.35. The molecule has 1 aliphatic rings. The molecule has 2 heterocycles. The van der Waals surface area contributed by atoms with E-state index in [0.717, 1.165) is 34.3 Å². The van der Waals surface area contributed by atoms with E-state index in [2.05, 4.69) is 0 Å². The molecular weight excluding hydrogens is 464 g/mol. The van der Waals surface area contributed by atoms with Crippen LogP contribution in [0.3, 0.4) is 0 Å². The van der Waals surface area contributed by atoms with Crippen LogP contribution in [0.1, 0.15) is 32.9 Å². The Bertz CT molecular complexity index is 1340. The maximum Gasteiger partial charge on any atom is 0.339 e. The summed E-state index contributed by atoms with van der Waals surface area (Å²) >= 11 is 0.916. The molecule has 0 saturated carbocycles. The molecule has 0 bridgehead atoms. The molecule has 0 N–H and O–H groups in total. The van der Waals surface area contributed by atoms with E-state index in [4.69, 9.17) is 9.47 Å². The van der Waals surface area contributed by atoms with Crippen LogP contribution in [0.2, 0.25) is 0 Å². The van der Waals surface area contributed by atoms with Gasteiger partial charge in [-0.1, -0.05) is 24.3 Å². The Morgan fingerprint density at radius 2 is 1.80 bits per heavy atom. The maximum absolute atomic E-state index is 13.0. The number of hydrogen-bond acceptors (Lipinski definition) is 6. The van der Waals surface area contributed by atoms with E-state index in [1.807, 2.05) is 67.8 Å². The molecular formula is C27H26N2O5S. The lowest BCUT2D eigenvalue weighted by molar-refractivity contribution is -0.123. The number of carbonyl (C=O) groups excluding carboxylic acids is 3. The van der Waals surface area contributed by atoms with Crippen molar-refractivity contribution in [3.63, 3.8) is 0 Å². The number of rotatable bonds is 7. The molecule has 7 nitrogen and oxygen atoms in total. The van der Waals surface area contributed by atoms with Crippen LogP contribution in [0.4, 0.5) is 4.79 Å². The van der Waals surface area contributed by atoms with Gasteiger partial charge in [0.2, 0.25) is 0 Å². The predicted octanol–water partition coefficient (Wildman–Crippen LogP) is 5.30. The van der Waals surface area contributed by atoms with E-state index < -0.39 is 5.97 Å². The lowest BCUT2D eigenvalue weighted by Gasteiger charge is -2.14. The molecule has 1 aromatic heterocycles. The van der Waals surface area contributed by atoms with E-state index in [1.165, 1.54) is 12.0 Å². The molecule has 2 amide bonds. The van der Waals surface area contributed by atoms with Gasteiger partial charge in [0.15, 0.2) is 0 Å². The number of methoxy groups -OCH3 is 1. The Balaban J connectivity index is 1.54. The van der Waals surface area contributed by atoms with Gasteiger partial charge in [-0.05, 0) is 80.1 Å². The topological polar surface area (TPSA) is 77.8 Å². The first-order chi connectivity index (χ1) is 16.8. The molecule has 1 aliphatic heterocycles. The summed E-state index contributed by atoms with van der Waals surface area (Å²) in [7, 11) is 1.35. The Hall–Kier alpha value is -3.78. The minimum absolute atomic E-state index is 0.168. The lowest BCUT2D eigenvalue weighted by atomic mass is 10.1. The van der Waals surface area contributed by atoms with Crippen molar-refractivity contribution in [3.05, 3.63) is 87.6 Å². The van der Waals surface area contributed by atoms with Gasteiger partial charge < -0.3 is 14.0 Å². The second-order valence-electron chi connectivity index (χ2n) is 8.17. The maximum atomic E-state index is 13.0. The summed E-state index contributed by atoms with van der Waals surface area (Å²) in [4.78, 5) is 39.3. The molecule has 35 heavy (non-hydrogen) atoms. The first-order valence-electron chi connectivity index (χ1n) is 11.1. The Labute approximate surface area is 208 Å². The molecule has 0 unspecified atom stereocenters. The number of benzene rings is 2. The van der Waals surface area contributed by atoms with Gasteiger partial charge in [-0.25, -0.2) is 4.79 Å². The van der Waals surface area contributed by atoms with Crippen molar-refractivity contribution in [1.82, 2.24) is 9.47 Å². The minimum Gasteiger partial charge on any atom is -0.492 e. The van der Waals surface area contributed by atoms with Crippen LogP contribution in [0.15, 0.2) is 59.5 Å². The summed E-state index contributed by atoms with van der Waals surface area (Å²) in [6, 6.07) is 16.7. The first kappa shape index (κ1) is 24.3. The van der Waals surface area contributed by atoms with Gasteiger partial charge in [-0.2, -0.15) is 0 Å². The number of imide groups is 1. The number of hydrogen-bond donors (Lipinski definition) is 0. The van der Waals surface area contributed by atoms with Crippen LogP contribution in [-0.4, -0.2) is 46.8 Å². The number of ether oxygens (including phenoxy) is 2. The molecule has 8 heteroatoms. The van der Waals surface area contributed by atoms with Gasteiger partial charge in [0.25, 0.3) is 11.1 Å². The lowest BCUT2D eigenvalue weighted by Crippen LogP contribution is -2.32. The number of para-hydroxylation sites is 1. The summed E-state index contributed by atoms with van der Waals surface area (Å²) in [6.07, 6.45) is 1.73. The van der Waals surface area contributed by atoms with Gasteiger partial charge in [0.05, 0.1) is 29.8 Å². The van der Waals surface area contributed by atoms with Crippen molar-refractivity contribution in [3.8, 4) is 11.4 Å². The predicted molar refractivity (Wildman–Crippen MR) is 136 cm³/mol.